The van der Waals surface area contributed by atoms with Gasteiger partial charge in [0.05, 0.1) is 0 Å². The highest BCUT2D eigenvalue weighted by Gasteiger charge is 2.38. The fourth-order valence-electron chi connectivity index (χ4n) is 6.76. The van der Waals surface area contributed by atoms with E-state index >= 15 is 0 Å². The average molecular weight is 477 g/mol. The van der Waals surface area contributed by atoms with E-state index in [1.807, 2.05) is 0 Å². The first-order valence-electron chi connectivity index (χ1n) is 13.6. The van der Waals surface area contributed by atoms with Crippen LogP contribution in [-0.4, -0.2) is 0 Å². The fraction of sp³-hybridized carbons (Fsp3) is 0.444. The molecule has 0 saturated heterocycles. The van der Waals surface area contributed by atoms with Gasteiger partial charge in [0.25, 0.3) is 0 Å². The van der Waals surface area contributed by atoms with E-state index in [0.29, 0.717) is 0 Å². The smallest absolute Gasteiger partial charge is 0.00172 e. The van der Waals surface area contributed by atoms with E-state index in [4.69, 9.17) is 0 Å². The second-order valence-corrected chi connectivity index (χ2v) is 15.1. The molecule has 0 heterocycles. The first-order valence-corrected chi connectivity index (χ1v) is 13.6. The van der Waals surface area contributed by atoms with Gasteiger partial charge in [0.1, 0.15) is 0 Å². The van der Waals surface area contributed by atoms with Crippen molar-refractivity contribution in [3.63, 3.8) is 0 Å². The van der Waals surface area contributed by atoms with Crippen molar-refractivity contribution in [2.75, 3.05) is 0 Å². The van der Waals surface area contributed by atoms with Gasteiger partial charge in [-0.25, -0.2) is 0 Å². The highest BCUT2D eigenvalue weighted by Crippen LogP contribution is 2.53. The number of hydrogen-bond acceptors (Lipinski definition) is 0. The summed E-state index contributed by atoms with van der Waals surface area (Å²) < 4.78 is 0. The van der Waals surface area contributed by atoms with E-state index < -0.39 is 0 Å². The summed E-state index contributed by atoms with van der Waals surface area (Å²) >= 11 is 0. The summed E-state index contributed by atoms with van der Waals surface area (Å²) in [5, 5.41) is 11.4. The maximum absolute atomic E-state index is 2.44. The minimum atomic E-state index is -0.00437. The van der Waals surface area contributed by atoms with Crippen LogP contribution >= 0.6 is 0 Å². The van der Waals surface area contributed by atoms with E-state index in [9.17, 15) is 0 Å². The van der Waals surface area contributed by atoms with Crippen LogP contribution in [0.15, 0.2) is 48.5 Å². The maximum atomic E-state index is 2.44. The predicted octanol–water partition coefficient (Wildman–Crippen LogP) is 10.9. The van der Waals surface area contributed by atoms with Gasteiger partial charge in [0, 0.05) is 0 Å². The Kier molecular flexibility index (Phi) is 5.20. The first-order chi connectivity index (χ1) is 16.4. The van der Waals surface area contributed by atoms with E-state index in [1.165, 1.54) is 59.8 Å². The lowest BCUT2D eigenvalue weighted by molar-refractivity contribution is 0.503. The standard InChI is InChI=1S/C36H44/c1-33(2,3)25-20-19-23-22-17-13-15-21-16-14-18-24(26(21)22)28-27(23)29(25)31(35(7,8)9)32(36(10,11)12)30(28)34(4,5)6/h13-20H,1-12H3. The van der Waals surface area contributed by atoms with Crippen molar-refractivity contribution >= 4 is 43.1 Å². The molecule has 0 fully saturated rings. The summed E-state index contributed by atoms with van der Waals surface area (Å²) in [6, 6.07) is 18.6. The Balaban J connectivity index is 2.34. The second-order valence-electron chi connectivity index (χ2n) is 15.1. The van der Waals surface area contributed by atoms with E-state index in [0.717, 1.165) is 0 Å². The van der Waals surface area contributed by atoms with Crippen molar-refractivity contribution in [1.82, 2.24) is 0 Å². The molecule has 0 saturated carbocycles. The van der Waals surface area contributed by atoms with E-state index in [-0.39, 0.29) is 21.7 Å². The molecule has 0 nitrogen and oxygen atoms in total. The van der Waals surface area contributed by atoms with Crippen LogP contribution < -0.4 is 0 Å². The van der Waals surface area contributed by atoms with Gasteiger partial charge in [0.2, 0.25) is 0 Å². The van der Waals surface area contributed by atoms with Gasteiger partial charge in [0.15, 0.2) is 0 Å². The van der Waals surface area contributed by atoms with Gasteiger partial charge in [-0.15, -0.1) is 0 Å². The minimum absolute atomic E-state index is 0.00272. The Morgan fingerprint density at radius 2 is 0.833 bits per heavy atom. The summed E-state index contributed by atoms with van der Waals surface area (Å²) in [5.41, 5.74) is 6.12. The molecule has 0 aliphatic rings. The summed E-state index contributed by atoms with van der Waals surface area (Å²) in [6.45, 7) is 28.9. The molecule has 5 aromatic rings. The number of fused-ring (bicyclic) bond motifs is 2. The van der Waals surface area contributed by atoms with Gasteiger partial charge >= 0.3 is 0 Å². The van der Waals surface area contributed by atoms with Crippen molar-refractivity contribution in [2.45, 2.75) is 105 Å². The Hall–Kier alpha value is -2.60. The van der Waals surface area contributed by atoms with E-state index in [2.05, 4.69) is 132 Å². The molecule has 0 heteroatoms. The molecule has 5 rings (SSSR count). The van der Waals surface area contributed by atoms with Crippen LogP contribution in [0, 0.1) is 0 Å². The van der Waals surface area contributed by atoms with Crippen LogP contribution in [-0.2, 0) is 21.7 Å². The summed E-state index contributed by atoms with van der Waals surface area (Å²) in [4.78, 5) is 0. The Bertz CT molecular complexity index is 1630. The maximum Gasteiger partial charge on any atom is -0.00172 e. The molecular formula is C36H44. The Morgan fingerprint density at radius 1 is 0.361 bits per heavy atom. The molecule has 0 unspecified atom stereocenters. The van der Waals surface area contributed by atoms with Crippen LogP contribution in [0.2, 0.25) is 0 Å². The SMILES string of the molecule is CC(C)(C)c1c(C(C)(C)C)c2c(C(C)(C)C)ccc3c4cccc5cccc(c(c1C(C)(C)C)c23)c54. The lowest BCUT2D eigenvalue weighted by Gasteiger charge is -2.40. The van der Waals surface area contributed by atoms with Crippen LogP contribution in [0.25, 0.3) is 43.1 Å². The zero-order chi connectivity index (χ0) is 26.6. The molecule has 0 aromatic heterocycles. The third kappa shape index (κ3) is 3.55. The summed E-state index contributed by atoms with van der Waals surface area (Å²) in [6.07, 6.45) is 0. The Labute approximate surface area is 218 Å². The molecule has 0 spiro atoms. The third-order valence-corrected chi connectivity index (χ3v) is 7.98. The van der Waals surface area contributed by atoms with Crippen LogP contribution in [0.4, 0.5) is 0 Å². The van der Waals surface area contributed by atoms with Crippen molar-refractivity contribution in [3.05, 3.63) is 70.8 Å². The second kappa shape index (κ2) is 7.47. The molecule has 0 atom stereocenters. The van der Waals surface area contributed by atoms with Gasteiger partial charge in [-0.1, -0.05) is 132 Å². The quantitative estimate of drug-likeness (QED) is 0.154. The summed E-state index contributed by atoms with van der Waals surface area (Å²) in [7, 11) is 0. The molecular weight excluding hydrogens is 432 g/mol. The number of rotatable bonds is 0. The molecule has 0 amide bonds. The highest BCUT2D eigenvalue weighted by molar-refractivity contribution is 6.34. The van der Waals surface area contributed by atoms with Gasteiger partial charge < -0.3 is 0 Å². The van der Waals surface area contributed by atoms with E-state index in [1.54, 1.807) is 5.56 Å². The van der Waals surface area contributed by atoms with Crippen molar-refractivity contribution in [3.8, 4) is 0 Å². The lowest BCUT2D eigenvalue weighted by Crippen LogP contribution is -2.30. The monoisotopic (exact) mass is 476 g/mol. The molecule has 0 aliphatic carbocycles. The number of hydrogen-bond donors (Lipinski definition) is 0. The van der Waals surface area contributed by atoms with Gasteiger partial charge in [-0.2, -0.15) is 0 Å². The van der Waals surface area contributed by atoms with Crippen molar-refractivity contribution in [1.29, 1.82) is 0 Å². The zero-order valence-corrected chi connectivity index (χ0v) is 24.6. The molecule has 36 heavy (non-hydrogen) atoms. The normalized spacial score (nSPS) is 14.1. The van der Waals surface area contributed by atoms with Crippen LogP contribution in [0.1, 0.15) is 105 Å². The molecule has 0 N–H and O–H groups in total. The van der Waals surface area contributed by atoms with Gasteiger partial charge in [-0.05, 0) is 87.0 Å². The summed E-state index contributed by atoms with van der Waals surface area (Å²) in [5.74, 6) is 0. The van der Waals surface area contributed by atoms with Crippen LogP contribution in [0.5, 0.6) is 0 Å². The molecule has 0 aliphatic heterocycles. The van der Waals surface area contributed by atoms with Gasteiger partial charge in [-0.3, -0.25) is 0 Å². The molecule has 188 valence electrons. The fourth-order valence-corrected chi connectivity index (χ4v) is 6.76. The van der Waals surface area contributed by atoms with Crippen LogP contribution in [0.3, 0.4) is 0 Å². The third-order valence-electron chi connectivity index (χ3n) is 7.98. The zero-order valence-electron chi connectivity index (χ0n) is 24.6. The molecule has 0 bridgehead atoms. The lowest BCUT2D eigenvalue weighted by atomic mass is 9.63. The largest absolute Gasteiger partial charge is 0.0610 e. The molecule has 5 aromatic carbocycles. The van der Waals surface area contributed by atoms with Crippen molar-refractivity contribution in [2.24, 2.45) is 0 Å². The number of benzene rings is 5. The molecule has 0 radical (unpaired) electrons. The minimum Gasteiger partial charge on any atom is -0.0610 e. The topological polar surface area (TPSA) is 0 Å². The predicted molar refractivity (Wildman–Crippen MR) is 162 cm³/mol. The van der Waals surface area contributed by atoms with Crippen molar-refractivity contribution < 1.29 is 0 Å². The highest BCUT2D eigenvalue weighted by atomic mass is 14.4. The first kappa shape index (κ1) is 25.1. The average Bonchev–Trinajstić information content (AvgIpc) is 2.72. The Morgan fingerprint density at radius 3 is 1.33 bits per heavy atom.